The average molecular weight is 495 g/mol. The molecule has 3 aromatic rings. The summed E-state index contributed by atoms with van der Waals surface area (Å²) in [5.74, 6) is 1.84. The van der Waals surface area contributed by atoms with Gasteiger partial charge >= 0.3 is 0 Å². The lowest BCUT2D eigenvalue weighted by molar-refractivity contribution is 0.0904. The van der Waals surface area contributed by atoms with Gasteiger partial charge in [-0.2, -0.15) is 10.4 Å². The van der Waals surface area contributed by atoms with Crippen molar-refractivity contribution in [2.75, 3.05) is 5.75 Å². The third kappa shape index (κ3) is 5.03. The van der Waals surface area contributed by atoms with E-state index >= 15 is 0 Å². The van der Waals surface area contributed by atoms with Crippen LogP contribution in [0.25, 0.3) is 22.3 Å². The van der Waals surface area contributed by atoms with Gasteiger partial charge in [0.05, 0.1) is 30.4 Å². The van der Waals surface area contributed by atoms with Crippen molar-refractivity contribution in [2.45, 2.75) is 75.5 Å². The van der Waals surface area contributed by atoms with Crippen LogP contribution < -0.4 is 0 Å². The van der Waals surface area contributed by atoms with Gasteiger partial charge in [0.15, 0.2) is 5.65 Å². The molecule has 0 N–H and O–H groups in total. The summed E-state index contributed by atoms with van der Waals surface area (Å²) in [5.41, 5.74) is 2.32. The number of carbonyl (C=O) groups is 1. The first kappa shape index (κ1) is 23.4. The molecule has 1 aliphatic heterocycles. The quantitative estimate of drug-likeness (QED) is 0.255. The number of hydrogen-bond acceptors (Lipinski definition) is 7. The Labute approximate surface area is 208 Å². The fraction of sp³-hybridized carbons (Fsp3) is 0.560. The number of unbranched alkanes of at least 4 members (excludes halogenated alkanes) is 1. The fourth-order valence-electron chi connectivity index (χ4n) is 5.27. The number of rotatable bonds is 9. The minimum atomic E-state index is 0.0825. The van der Waals surface area contributed by atoms with Crippen LogP contribution in [0.3, 0.4) is 0 Å². The molecular formula is C25H30N6OS2. The predicted molar refractivity (Wildman–Crippen MR) is 138 cm³/mol. The number of fused-ring (bicyclic) bond motifs is 1. The maximum absolute atomic E-state index is 12.9. The van der Waals surface area contributed by atoms with Gasteiger partial charge in [0, 0.05) is 40.8 Å². The van der Waals surface area contributed by atoms with Gasteiger partial charge in [0.1, 0.15) is 6.33 Å². The van der Waals surface area contributed by atoms with E-state index in [1.807, 2.05) is 50.9 Å². The molecule has 2 aliphatic rings. The van der Waals surface area contributed by atoms with E-state index < -0.39 is 0 Å². The van der Waals surface area contributed by atoms with Gasteiger partial charge in [0.2, 0.25) is 5.91 Å². The molecule has 0 amide bonds. The molecule has 9 heteroatoms. The first-order valence-corrected chi connectivity index (χ1v) is 14.7. The molecule has 0 radical (unpaired) electrons. The van der Waals surface area contributed by atoms with Crippen LogP contribution in [0, 0.1) is 17.2 Å². The Morgan fingerprint density at radius 1 is 1.24 bits per heavy atom. The van der Waals surface area contributed by atoms with Crippen LogP contribution in [0.15, 0.2) is 31.0 Å². The van der Waals surface area contributed by atoms with Crippen LogP contribution >= 0.6 is 21.6 Å². The highest BCUT2D eigenvalue weighted by molar-refractivity contribution is 8.77. The van der Waals surface area contributed by atoms with Crippen LogP contribution in [0.5, 0.6) is 0 Å². The molecule has 2 atom stereocenters. The monoisotopic (exact) mass is 494 g/mol. The SMILES string of the molecule is N#CC[C@@H](C1CCCC1)n1cc(-c2ncnc3c2ccn3C(=O)CCCC[C@@H]2CCSS2)cn1. The van der Waals surface area contributed by atoms with Gasteiger partial charge in [-0.1, -0.05) is 40.9 Å². The largest absolute Gasteiger partial charge is 0.274 e. The standard InChI is InChI=1S/C25H30N6OS2/c26-12-9-22(18-5-1-2-6-18)31-16-19(15-29-31)24-21-10-13-30(25(21)28-17-27-24)23(32)8-4-3-7-20-11-14-33-34-20/h10,13,15-18,20,22H,1-9,11,14H2/t20-,22+/m1/s1. The summed E-state index contributed by atoms with van der Waals surface area (Å²) in [6.45, 7) is 0. The van der Waals surface area contributed by atoms with E-state index in [1.165, 1.54) is 37.8 Å². The van der Waals surface area contributed by atoms with E-state index in [4.69, 9.17) is 0 Å². The summed E-state index contributed by atoms with van der Waals surface area (Å²) in [7, 11) is 3.97. The molecule has 4 heterocycles. The van der Waals surface area contributed by atoms with Gasteiger partial charge in [-0.15, -0.1) is 0 Å². The number of aromatic nitrogens is 5. The van der Waals surface area contributed by atoms with Crippen molar-refractivity contribution in [3.05, 3.63) is 31.0 Å². The van der Waals surface area contributed by atoms with Crippen molar-refractivity contribution in [3.8, 4) is 17.3 Å². The molecule has 7 nitrogen and oxygen atoms in total. The molecule has 3 aromatic heterocycles. The fourth-order valence-corrected chi connectivity index (χ4v) is 8.30. The molecule has 0 spiro atoms. The van der Waals surface area contributed by atoms with Gasteiger partial charge in [-0.3, -0.25) is 14.0 Å². The Morgan fingerprint density at radius 2 is 2.12 bits per heavy atom. The zero-order valence-corrected chi connectivity index (χ0v) is 20.9. The Kier molecular flexibility index (Phi) is 7.55. The van der Waals surface area contributed by atoms with Crippen LogP contribution in [0.1, 0.15) is 75.0 Å². The predicted octanol–water partition coefficient (Wildman–Crippen LogP) is 6.29. The third-order valence-corrected chi connectivity index (χ3v) is 10.1. The number of carbonyl (C=O) groups excluding carboxylic acids is 1. The van der Waals surface area contributed by atoms with Crippen molar-refractivity contribution in [3.63, 3.8) is 0 Å². The van der Waals surface area contributed by atoms with Crippen LogP contribution in [-0.2, 0) is 0 Å². The molecule has 178 valence electrons. The van der Waals surface area contributed by atoms with Crippen molar-refractivity contribution in [1.29, 1.82) is 5.26 Å². The summed E-state index contributed by atoms with van der Waals surface area (Å²) in [6, 6.07) is 4.37. The second-order valence-corrected chi connectivity index (χ2v) is 12.1. The Morgan fingerprint density at radius 3 is 2.91 bits per heavy atom. The molecule has 34 heavy (non-hydrogen) atoms. The molecular weight excluding hydrogens is 464 g/mol. The van der Waals surface area contributed by atoms with Gasteiger partial charge in [-0.25, -0.2) is 9.97 Å². The maximum atomic E-state index is 12.9. The molecule has 1 saturated heterocycles. The second kappa shape index (κ2) is 11.0. The first-order chi connectivity index (χ1) is 16.7. The van der Waals surface area contributed by atoms with E-state index in [1.54, 1.807) is 4.57 Å². The molecule has 1 saturated carbocycles. The summed E-state index contributed by atoms with van der Waals surface area (Å²) < 4.78 is 3.62. The topological polar surface area (TPSA) is 89.4 Å². The highest BCUT2D eigenvalue weighted by Crippen LogP contribution is 2.40. The smallest absolute Gasteiger partial charge is 0.232 e. The highest BCUT2D eigenvalue weighted by atomic mass is 33.1. The van der Waals surface area contributed by atoms with Crippen molar-refractivity contribution in [2.24, 2.45) is 5.92 Å². The molecule has 0 bridgehead atoms. The van der Waals surface area contributed by atoms with Gasteiger partial charge in [-0.05, 0) is 44.1 Å². The van der Waals surface area contributed by atoms with E-state index in [0.717, 1.165) is 47.6 Å². The van der Waals surface area contributed by atoms with Gasteiger partial charge < -0.3 is 0 Å². The van der Waals surface area contributed by atoms with E-state index in [0.29, 0.717) is 24.4 Å². The van der Waals surface area contributed by atoms with Crippen LogP contribution in [0.2, 0.25) is 0 Å². The summed E-state index contributed by atoms with van der Waals surface area (Å²) in [6.07, 6.45) is 17.4. The van der Waals surface area contributed by atoms with Crippen LogP contribution in [-0.4, -0.2) is 41.2 Å². The summed E-state index contributed by atoms with van der Waals surface area (Å²) >= 11 is 0. The minimum Gasteiger partial charge on any atom is -0.274 e. The Balaban J connectivity index is 1.30. The number of nitriles is 1. The molecule has 0 unspecified atom stereocenters. The Hall–Kier alpha value is -2.31. The highest BCUT2D eigenvalue weighted by Gasteiger charge is 2.27. The lowest BCUT2D eigenvalue weighted by atomic mass is 9.96. The van der Waals surface area contributed by atoms with Crippen molar-refractivity contribution < 1.29 is 4.79 Å². The molecule has 1 aliphatic carbocycles. The normalized spacial score (nSPS) is 19.6. The zero-order valence-electron chi connectivity index (χ0n) is 19.3. The van der Waals surface area contributed by atoms with Crippen molar-refractivity contribution >= 4 is 38.5 Å². The van der Waals surface area contributed by atoms with Crippen molar-refractivity contribution in [1.82, 2.24) is 24.3 Å². The van der Waals surface area contributed by atoms with Gasteiger partial charge in [0.25, 0.3) is 0 Å². The lowest BCUT2D eigenvalue weighted by Crippen LogP contribution is -2.17. The van der Waals surface area contributed by atoms with E-state index in [9.17, 15) is 10.1 Å². The second-order valence-electron chi connectivity index (χ2n) is 9.30. The van der Waals surface area contributed by atoms with Crippen LogP contribution in [0.4, 0.5) is 0 Å². The summed E-state index contributed by atoms with van der Waals surface area (Å²) in [5, 5.41) is 15.6. The average Bonchev–Trinajstić information content (AvgIpc) is 3.67. The first-order valence-electron chi connectivity index (χ1n) is 12.3. The molecule has 0 aromatic carbocycles. The maximum Gasteiger partial charge on any atom is 0.232 e. The lowest BCUT2D eigenvalue weighted by Gasteiger charge is -2.21. The van der Waals surface area contributed by atoms with E-state index in [2.05, 4.69) is 21.1 Å². The minimum absolute atomic E-state index is 0.0825. The molecule has 2 fully saturated rings. The third-order valence-electron chi connectivity index (χ3n) is 7.10. The van der Waals surface area contributed by atoms with E-state index in [-0.39, 0.29) is 11.9 Å². The zero-order chi connectivity index (χ0) is 23.3. The Bertz CT molecular complexity index is 1170. The number of nitrogens with zero attached hydrogens (tertiary/aromatic N) is 6. The number of hydrogen-bond donors (Lipinski definition) is 0. The summed E-state index contributed by atoms with van der Waals surface area (Å²) in [4.78, 5) is 21.9. The molecule has 5 rings (SSSR count).